The first-order chi connectivity index (χ1) is 19.1. The smallest absolute Gasteiger partial charge is 0.272 e. The molecule has 0 bridgehead atoms. The van der Waals surface area contributed by atoms with Gasteiger partial charge in [0.2, 0.25) is 17.6 Å². The molecule has 1 aliphatic heterocycles. The molecule has 10 nitrogen and oxygen atoms in total. The second-order valence-corrected chi connectivity index (χ2v) is 11.6. The number of likely N-dealkylation sites (N-methyl/N-ethyl adjacent to an activating group) is 1. The van der Waals surface area contributed by atoms with Gasteiger partial charge in [0.05, 0.1) is 25.6 Å². The van der Waals surface area contributed by atoms with E-state index >= 15 is 0 Å². The summed E-state index contributed by atoms with van der Waals surface area (Å²) in [4.78, 5) is 34.2. The van der Waals surface area contributed by atoms with Crippen LogP contribution >= 0.6 is 0 Å². The first-order valence-electron chi connectivity index (χ1n) is 14.0. The van der Waals surface area contributed by atoms with Crippen molar-refractivity contribution < 1.29 is 27.8 Å². The van der Waals surface area contributed by atoms with Crippen LogP contribution in [0.4, 0.5) is 8.78 Å². The minimum atomic E-state index is -1.62. The lowest BCUT2D eigenvalue weighted by Crippen LogP contribution is -2.52. The molecule has 40 heavy (non-hydrogen) atoms. The third-order valence-corrected chi connectivity index (χ3v) is 8.44. The fourth-order valence-electron chi connectivity index (χ4n) is 5.86. The highest BCUT2D eigenvalue weighted by molar-refractivity contribution is 5.94. The molecule has 0 unspecified atom stereocenters. The van der Waals surface area contributed by atoms with E-state index in [1.807, 2.05) is 23.9 Å². The molecule has 3 heterocycles. The average molecular weight is 561 g/mol. The van der Waals surface area contributed by atoms with E-state index in [4.69, 9.17) is 9.47 Å². The van der Waals surface area contributed by atoms with Crippen molar-refractivity contribution in [2.24, 2.45) is 5.92 Å². The summed E-state index contributed by atoms with van der Waals surface area (Å²) in [5.74, 6) is -2.37. The number of pyridine rings is 1. The first-order valence-corrected chi connectivity index (χ1v) is 14.0. The van der Waals surface area contributed by atoms with Crippen molar-refractivity contribution in [3.8, 4) is 17.1 Å². The highest BCUT2D eigenvalue weighted by atomic mass is 19.2. The van der Waals surface area contributed by atoms with Gasteiger partial charge in [-0.2, -0.15) is 5.10 Å². The molecule has 0 radical (unpaired) electrons. The summed E-state index contributed by atoms with van der Waals surface area (Å²) in [7, 11) is 5.28. The number of likely N-dealkylation sites (tertiary alicyclic amines) is 1. The molecule has 5 rings (SSSR count). The van der Waals surface area contributed by atoms with Gasteiger partial charge in [0, 0.05) is 55.1 Å². The third kappa shape index (κ3) is 6.12. The van der Waals surface area contributed by atoms with Crippen LogP contribution in [-0.2, 0) is 9.53 Å². The molecule has 2 saturated carbocycles. The van der Waals surface area contributed by atoms with Crippen molar-refractivity contribution in [3.05, 3.63) is 29.8 Å². The highest BCUT2D eigenvalue weighted by Gasteiger charge is 2.55. The van der Waals surface area contributed by atoms with Crippen LogP contribution in [0.3, 0.4) is 0 Å². The van der Waals surface area contributed by atoms with Gasteiger partial charge in [0.1, 0.15) is 5.69 Å². The fourth-order valence-corrected chi connectivity index (χ4v) is 5.86. The molecule has 3 fully saturated rings. The Kier molecular flexibility index (Phi) is 8.10. The summed E-state index contributed by atoms with van der Waals surface area (Å²) in [6.45, 7) is 1.45. The van der Waals surface area contributed by atoms with Crippen molar-refractivity contribution in [2.45, 2.75) is 68.8 Å². The maximum Gasteiger partial charge on any atom is 0.272 e. The predicted molar refractivity (Wildman–Crippen MR) is 143 cm³/mol. The Balaban J connectivity index is 1.15. The number of aromatic amines is 1. The number of rotatable bonds is 9. The number of methoxy groups -OCH3 is 1. The summed E-state index contributed by atoms with van der Waals surface area (Å²) in [6.07, 6.45) is 5.47. The standard InChI is InChI=1S/C28H38F2N6O4/c1-35(2)12-13-40-28(30)7-4-19(5-8-28)32-25(37)18-6-11-36(27(16-18)9-10-27)26(38)23-15-22(33-34-23)20-14-24(39-3)31-17-21(20)29/h14-15,17-19H,4-13,16H2,1-3H3,(H,32,37)(H,33,34)/t18-,19?,28?/m1/s1. The number of hydrogen-bond donors (Lipinski definition) is 2. The largest absolute Gasteiger partial charge is 0.481 e. The fraction of sp³-hybridized carbons (Fsp3) is 0.643. The quantitative estimate of drug-likeness (QED) is 0.484. The summed E-state index contributed by atoms with van der Waals surface area (Å²) in [6, 6.07) is 2.90. The Bertz CT molecular complexity index is 1230. The van der Waals surface area contributed by atoms with E-state index < -0.39 is 11.7 Å². The number of piperidine rings is 1. The van der Waals surface area contributed by atoms with Crippen molar-refractivity contribution in [1.29, 1.82) is 0 Å². The molecule has 218 valence electrons. The molecular formula is C28H38F2N6O4. The monoisotopic (exact) mass is 560 g/mol. The lowest BCUT2D eigenvalue weighted by molar-refractivity contribution is -0.169. The maximum atomic E-state index is 15.0. The zero-order valence-electron chi connectivity index (χ0n) is 23.3. The van der Waals surface area contributed by atoms with E-state index in [1.165, 1.54) is 19.2 Å². The zero-order valence-corrected chi connectivity index (χ0v) is 23.3. The number of carbonyl (C=O) groups excluding carboxylic acids is 2. The number of alkyl halides is 1. The van der Waals surface area contributed by atoms with Gasteiger partial charge in [-0.1, -0.05) is 0 Å². The van der Waals surface area contributed by atoms with E-state index in [0.29, 0.717) is 45.4 Å². The maximum absolute atomic E-state index is 15.0. The van der Waals surface area contributed by atoms with Crippen LogP contribution in [0.1, 0.15) is 61.9 Å². The van der Waals surface area contributed by atoms with Crippen LogP contribution in [0.15, 0.2) is 18.3 Å². The van der Waals surface area contributed by atoms with Gasteiger partial charge >= 0.3 is 0 Å². The van der Waals surface area contributed by atoms with E-state index in [1.54, 1.807) is 0 Å². The predicted octanol–water partition coefficient (Wildman–Crippen LogP) is 3.31. The first kappa shape index (κ1) is 28.4. The molecule has 2 aromatic heterocycles. The molecule has 2 N–H and O–H groups in total. The molecule has 12 heteroatoms. The molecule has 1 atom stereocenters. The Morgan fingerprint density at radius 3 is 2.62 bits per heavy atom. The van der Waals surface area contributed by atoms with Crippen LogP contribution in [0.2, 0.25) is 0 Å². The number of hydrogen-bond acceptors (Lipinski definition) is 7. The van der Waals surface area contributed by atoms with Crippen LogP contribution in [-0.4, -0.2) is 95.1 Å². The molecule has 1 saturated heterocycles. The van der Waals surface area contributed by atoms with E-state index in [9.17, 15) is 18.4 Å². The van der Waals surface area contributed by atoms with Crippen LogP contribution in [0.25, 0.3) is 11.3 Å². The van der Waals surface area contributed by atoms with Gasteiger partial charge in [0.15, 0.2) is 5.82 Å². The lowest BCUT2D eigenvalue weighted by Gasteiger charge is -2.40. The molecule has 2 amide bonds. The summed E-state index contributed by atoms with van der Waals surface area (Å²) in [5.41, 5.74) is 0.387. The summed E-state index contributed by atoms with van der Waals surface area (Å²) < 4.78 is 39.9. The zero-order chi connectivity index (χ0) is 28.5. The average Bonchev–Trinajstić information content (AvgIpc) is 3.50. The number of aromatic nitrogens is 3. The molecule has 1 spiro atoms. The van der Waals surface area contributed by atoms with E-state index in [-0.39, 0.29) is 65.0 Å². The molecule has 2 aliphatic carbocycles. The van der Waals surface area contributed by atoms with Crippen molar-refractivity contribution in [3.63, 3.8) is 0 Å². The van der Waals surface area contributed by atoms with Crippen LogP contribution < -0.4 is 10.1 Å². The van der Waals surface area contributed by atoms with Gasteiger partial charge in [0.25, 0.3) is 5.91 Å². The van der Waals surface area contributed by atoms with E-state index in [2.05, 4.69) is 20.5 Å². The van der Waals surface area contributed by atoms with Crippen molar-refractivity contribution in [1.82, 2.24) is 30.3 Å². The number of nitrogens with one attached hydrogen (secondary N) is 2. The third-order valence-electron chi connectivity index (χ3n) is 8.44. The molecular weight excluding hydrogens is 522 g/mol. The Morgan fingerprint density at radius 1 is 1.20 bits per heavy atom. The number of nitrogens with zero attached hydrogens (tertiary/aromatic N) is 4. The van der Waals surface area contributed by atoms with Gasteiger partial charge in [-0.05, 0) is 58.7 Å². The highest BCUT2D eigenvalue weighted by Crippen LogP contribution is 2.50. The molecule has 2 aromatic rings. The Morgan fingerprint density at radius 2 is 1.95 bits per heavy atom. The molecule has 0 aromatic carbocycles. The second kappa shape index (κ2) is 11.4. The van der Waals surface area contributed by atoms with Crippen LogP contribution in [0.5, 0.6) is 5.88 Å². The minimum Gasteiger partial charge on any atom is -0.481 e. The minimum absolute atomic E-state index is 0.0193. The normalized spacial score (nSPS) is 25.7. The topological polar surface area (TPSA) is 113 Å². The van der Waals surface area contributed by atoms with Gasteiger partial charge in [-0.15, -0.1) is 0 Å². The summed E-state index contributed by atoms with van der Waals surface area (Å²) in [5, 5.41) is 10.0. The van der Waals surface area contributed by atoms with Gasteiger partial charge in [-0.3, -0.25) is 14.7 Å². The number of halogens is 2. The molecule has 3 aliphatic rings. The van der Waals surface area contributed by atoms with Gasteiger partial charge < -0.3 is 24.6 Å². The SMILES string of the molecule is COc1cc(-c2cc(C(=O)N3CC[C@@H](C(=O)NC4CCC(F)(OCCN(C)C)CC4)CC34CC4)[nH]n2)c(F)cn1. The number of H-pyrrole nitrogens is 1. The summed E-state index contributed by atoms with van der Waals surface area (Å²) >= 11 is 0. The van der Waals surface area contributed by atoms with Crippen molar-refractivity contribution in [2.75, 3.05) is 40.9 Å². The Hall–Kier alpha value is -3.12. The van der Waals surface area contributed by atoms with Crippen LogP contribution in [0, 0.1) is 11.7 Å². The number of amides is 2. The van der Waals surface area contributed by atoms with E-state index in [0.717, 1.165) is 19.0 Å². The second-order valence-electron chi connectivity index (χ2n) is 11.6. The Labute approximate surface area is 232 Å². The number of ether oxygens (including phenoxy) is 2. The van der Waals surface area contributed by atoms with Gasteiger partial charge in [-0.25, -0.2) is 13.8 Å². The number of carbonyl (C=O) groups is 2. The van der Waals surface area contributed by atoms with Crippen molar-refractivity contribution >= 4 is 11.8 Å². The lowest BCUT2D eigenvalue weighted by atomic mass is 9.86.